The van der Waals surface area contributed by atoms with Gasteiger partial charge in [0, 0.05) is 37.4 Å². The summed E-state index contributed by atoms with van der Waals surface area (Å²) in [5.41, 5.74) is 7.14. The van der Waals surface area contributed by atoms with Crippen molar-refractivity contribution in [1.29, 1.82) is 0 Å². The van der Waals surface area contributed by atoms with Gasteiger partial charge in [-0.2, -0.15) is 4.98 Å². The van der Waals surface area contributed by atoms with Crippen LogP contribution in [0.4, 0.5) is 5.95 Å². The first-order valence-electron chi connectivity index (χ1n) is 17.6. The number of carboxylic acid groups (broad SMARTS) is 5. The first-order chi connectivity index (χ1) is 27.3. The second-order valence-electron chi connectivity index (χ2n) is 13.0. The summed E-state index contributed by atoms with van der Waals surface area (Å²) in [4.78, 5) is 129. The van der Waals surface area contributed by atoms with Crippen molar-refractivity contribution in [3.05, 3.63) is 57.5 Å². The van der Waals surface area contributed by atoms with Gasteiger partial charge >= 0.3 is 29.8 Å². The first-order valence-corrected chi connectivity index (χ1v) is 17.6. The smallest absolute Gasteiger partial charge is 0.326 e. The zero-order valence-corrected chi connectivity index (χ0v) is 30.6. The molecule has 0 bridgehead atoms. The number of nitrogens with one attached hydrogen (secondary N) is 6. The second-order valence-corrected chi connectivity index (χ2v) is 13.0. The number of H-pyrrole nitrogens is 2. The number of nitrogen functional groups attached to an aromatic ring is 1. The van der Waals surface area contributed by atoms with Gasteiger partial charge in [0.1, 0.15) is 29.8 Å². The summed E-state index contributed by atoms with van der Waals surface area (Å²) < 4.78 is 0. The van der Waals surface area contributed by atoms with Gasteiger partial charge in [-0.05, 0) is 61.8 Å². The van der Waals surface area contributed by atoms with E-state index in [1.165, 1.54) is 12.1 Å². The lowest BCUT2D eigenvalue weighted by molar-refractivity contribution is -0.144. The molecule has 0 spiro atoms. The number of amides is 4. The van der Waals surface area contributed by atoms with E-state index in [1.807, 2.05) is 0 Å². The molecule has 3 aromatic rings. The van der Waals surface area contributed by atoms with Crippen LogP contribution in [-0.4, -0.2) is 118 Å². The molecule has 0 fully saturated rings. The number of carbonyl (C=O) groups excluding carboxylic acids is 4. The number of hydrogen-bond donors (Lipinski definition) is 12. The van der Waals surface area contributed by atoms with Crippen LogP contribution in [0.3, 0.4) is 0 Å². The number of nitrogens with two attached hydrogens (primary N) is 1. The van der Waals surface area contributed by atoms with E-state index < -0.39 is 129 Å². The van der Waals surface area contributed by atoms with Crippen LogP contribution < -0.4 is 32.6 Å². The highest BCUT2D eigenvalue weighted by Crippen LogP contribution is 2.16. The van der Waals surface area contributed by atoms with Gasteiger partial charge in [-0.1, -0.05) is 12.1 Å². The summed E-state index contributed by atoms with van der Waals surface area (Å²) in [5, 5.41) is 55.6. The van der Waals surface area contributed by atoms with E-state index in [4.69, 9.17) is 15.9 Å². The quantitative estimate of drug-likeness (QED) is 0.0501. The number of carbonyl (C=O) groups is 9. The van der Waals surface area contributed by atoms with Crippen molar-refractivity contribution in [2.45, 2.75) is 88.4 Å². The summed E-state index contributed by atoms with van der Waals surface area (Å²) in [6, 6.07) is -0.184. The third kappa shape index (κ3) is 14.1. The zero-order valence-electron chi connectivity index (χ0n) is 30.6. The van der Waals surface area contributed by atoms with Crippen LogP contribution in [0.1, 0.15) is 72.9 Å². The maximum absolute atomic E-state index is 12.8. The summed E-state index contributed by atoms with van der Waals surface area (Å²) >= 11 is 0. The van der Waals surface area contributed by atoms with Crippen molar-refractivity contribution < 1.29 is 68.7 Å². The molecule has 0 aliphatic rings. The Morgan fingerprint density at radius 3 is 1.48 bits per heavy atom. The van der Waals surface area contributed by atoms with E-state index in [9.17, 15) is 63.3 Å². The van der Waals surface area contributed by atoms with E-state index in [2.05, 4.69) is 36.2 Å². The fourth-order valence-corrected chi connectivity index (χ4v) is 5.58. The van der Waals surface area contributed by atoms with Gasteiger partial charge in [-0.25, -0.2) is 19.2 Å². The number of aryl methyl sites for hydroxylation is 2. The third-order valence-corrected chi connectivity index (χ3v) is 8.67. The summed E-state index contributed by atoms with van der Waals surface area (Å²) in [5.74, 6) is -11.0. The standard InChI is InChI=1S/C35H42N8O15/c36-35-42-28-27(30(50)43-35)18(15-37-28)6-3-16-1-4-17(5-2-16)29(49)41-22(34(57)58)9-13-25(46)39-20(32(53)54)7-11-23(44)38-19(31(51)52)8-12-24(45)40-21(33(55)56)10-14-26(47)48/h1-2,4-5,15,19-22H,3,6-14H2,(H,38,44)(H,39,46)(H,40,45)(H,41,49)(H,47,48)(H,51,52)(H,53,54)(H,55,56)(H,57,58)(H4,36,37,42,43,50)/t19-,20-,21+,22-/m0/s1. The molecule has 1 aromatic carbocycles. The molecule has 58 heavy (non-hydrogen) atoms. The first kappa shape index (κ1) is 45.1. The lowest BCUT2D eigenvalue weighted by Gasteiger charge is -2.18. The number of nitrogens with zero attached hydrogens (tertiary/aromatic N) is 1. The Morgan fingerprint density at radius 1 is 0.621 bits per heavy atom. The van der Waals surface area contributed by atoms with Crippen molar-refractivity contribution in [3.8, 4) is 0 Å². The van der Waals surface area contributed by atoms with Crippen LogP contribution in [0, 0.1) is 0 Å². The monoisotopic (exact) mass is 814 g/mol. The van der Waals surface area contributed by atoms with Gasteiger partial charge in [0.15, 0.2) is 0 Å². The van der Waals surface area contributed by atoms with Gasteiger partial charge in [0.2, 0.25) is 23.7 Å². The number of fused-ring (bicyclic) bond motifs is 1. The maximum Gasteiger partial charge on any atom is 0.326 e. The highest BCUT2D eigenvalue weighted by Gasteiger charge is 2.27. The number of aromatic nitrogens is 3. The van der Waals surface area contributed by atoms with Gasteiger partial charge < -0.3 is 57.5 Å². The second kappa shape index (κ2) is 21.1. The number of anilines is 1. The highest BCUT2D eigenvalue weighted by atomic mass is 16.4. The third-order valence-electron chi connectivity index (χ3n) is 8.67. The molecule has 0 aliphatic carbocycles. The molecule has 2 heterocycles. The number of benzene rings is 1. The Balaban J connectivity index is 1.46. The Bertz CT molecular complexity index is 2100. The van der Waals surface area contributed by atoms with Crippen molar-refractivity contribution in [2.75, 3.05) is 5.73 Å². The fraction of sp³-hybridized carbons (Fsp3) is 0.400. The van der Waals surface area contributed by atoms with Crippen LogP contribution in [0.2, 0.25) is 0 Å². The molecule has 4 atom stereocenters. The number of aliphatic carboxylic acids is 5. The van der Waals surface area contributed by atoms with Gasteiger partial charge in [-0.15, -0.1) is 0 Å². The average molecular weight is 815 g/mol. The van der Waals surface area contributed by atoms with Gasteiger partial charge in [0.25, 0.3) is 11.5 Å². The van der Waals surface area contributed by atoms with Gasteiger partial charge in [0.05, 0.1) is 5.39 Å². The van der Waals surface area contributed by atoms with E-state index in [-0.39, 0.29) is 17.1 Å². The Labute approximate surface area is 326 Å². The van der Waals surface area contributed by atoms with E-state index in [0.29, 0.717) is 29.4 Å². The number of hydrogen-bond acceptors (Lipinski definition) is 12. The van der Waals surface area contributed by atoms with Crippen molar-refractivity contribution in [2.24, 2.45) is 0 Å². The van der Waals surface area contributed by atoms with E-state index >= 15 is 0 Å². The van der Waals surface area contributed by atoms with E-state index in [0.717, 1.165) is 5.56 Å². The molecule has 0 saturated carbocycles. The van der Waals surface area contributed by atoms with Crippen LogP contribution in [0.25, 0.3) is 11.0 Å². The van der Waals surface area contributed by atoms with Crippen LogP contribution in [0.5, 0.6) is 0 Å². The molecule has 4 amide bonds. The number of rotatable bonds is 24. The largest absolute Gasteiger partial charge is 0.481 e. The van der Waals surface area contributed by atoms with Crippen molar-refractivity contribution in [1.82, 2.24) is 36.2 Å². The predicted octanol–water partition coefficient (Wildman–Crippen LogP) is -1.28. The molecular weight excluding hydrogens is 772 g/mol. The molecule has 0 aliphatic heterocycles. The molecule has 3 rings (SSSR count). The van der Waals surface area contributed by atoms with Crippen molar-refractivity contribution >= 4 is 70.5 Å². The summed E-state index contributed by atoms with van der Waals surface area (Å²) in [7, 11) is 0. The number of carboxylic acids is 5. The summed E-state index contributed by atoms with van der Waals surface area (Å²) in [6.07, 6.45) is -1.60. The topological polar surface area (TPSA) is 390 Å². The molecule has 23 heteroatoms. The Kier molecular flexibility index (Phi) is 16.4. The molecule has 0 saturated heterocycles. The molecule has 312 valence electrons. The van der Waals surface area contributed by atoms with Crippen molar-refractivity contribution in [3.63, 3.8) is 0 Å². The number of aromatic amines is 2. The van der Waals surface area contributed by atoms with Gasteiger partial charge in [-0.3, -0.25) is 33.8 Å². The minimum absolute atomic E-state index is 0.0253. The normalized spacial score (nSPS) is 13.0. The predicted molar refractivity (Wildman–Crippen MR) is 197 cm³/mol. The Hall–Kier alpha value is -7.33. The lowest BCUT2D eigenvalue weighted by atomic mass is 10.0. The van der Waals surface area contributed by atoms with Crippen LogP contribution in [0.15, 0.2) is 35.3 Å². The molecule has 13 N–H and O–H groups in total. The molecular formula is C35H42N8O15. The Morgan fingerprint density at radius 2 is 1.05 bits per heavy atom. The minimum Gasteiger partial charge on any atom is -0.481 e. The highest BCUT2D eigenvalue weighted by molar-refractivity contribution is 5.97. The molecule has 23 nitrogen and oxygen atoms in total. The fourth-order valence-electron chi connectivity index (χ4n) is 5.58. The van der Waals surface area contributed by atoms with E-state index in [1.54, 1.807) is 18.3 Å². The molecule has 0 radical (unpaired) electrons. The zero-order chi connectivity index (χ0) is 43.1. The lowest BCUT2D eigenvalue weighted by Crippen LogP contribution is -2.45. The molecule has 2 aromatic heterocycles. The van der Waals surface area contributed by atoms with Crippen LogP contribution >= 0.6 is 0 Å². The summed E-state index contributed by atoms with van der Waals surface area (Å²) in [6.45, 7) is 0. The SMILES string of the molecule is Nc1nc2[nH]cc(CCc3ccc(C(=O)N[C@@H](CCC(=O)N[C@@H](CCC(=O)N[C@@H](CCC(=O)N[C@H](CCC(=O)O)C(=O)O)C(=O)O)C(=O)O)C(=O)O)cc3)c2c(=O)[nH]1. The van der Waals surface area contributed by atoms with Crippen LogP contribution in [-0.2, 0) is 51.2 Å². The minimum atomic E-state index is -1.66. The average Bonchev–Trinajstić information content (AvgIpc) is 3.56. The molecule has 0 unspecified atom stereocenters. The maximum atomic E-state index is 12.8.